The number of carbonyl (C=O) groups excluding carboxylic acids is 1. The van der Waals surface area contributed by atoms with Gasteiger partial charge in [-0.25, -0.2) is 0 Å². The predicted octanol–water partition coefficient (Wildman–Crippen LogP) is 4.02. The van der Waals surface area contributed by atoms with Gasteiger partial charge >= 0.3 is 0 Å². The van der Waals surface area contributed by atoms with E-state index in [4.69, 9.17) is 16.3 Å². The van der Waals surface area contributed by atoms with Gasteiger partial charge < -0.3 is 9.64 Å². The Bertz CT molecular complexity index is 748. The third-order valence-corrected chi connectivity index (χ3v) is 5.26. The van der Waals surface area contributed by atoms with Crippen LogP contribution in [0.25, 0.3) is 0 Å². The Morgan fingerprint density at radius 1 is 1.04 bits per heavy atom. The Balaban J connectivity index is 1.47. The number of amides is 1. The molecule has 0 radical (unpaired) electrons. The highest BCUT2D eigenvalue weighted by Crippen LogP contribution is 2.16. The van der Waals surface area contributed by atoms with Gasteiger partial charge in [-0.15, -0.1) is 0 Å². The lowest BCUT2D eigenvalue weighted by Gasteiger charge is -2.22. The van der Waals surface area contributed by atoms with Crippen LogP contribution in [0.15, 0.2) is 48.5 Å². The summed E-state index contributed by atoms with van der Waals surface area (Å²) in [5.41, 5.74) is 2.39. The van der Waals surface area contributed by atoms with Crippen molar-refractivity contribution in [3.05, 3.63) is 64.7 Å². The Kier molecular flexibility index (Phi) is 7.13. The predicted molar refractivity (Wildman–Crippen MR) is 109 cm³/mol. The zero-order valence-electron chi connectivity index (χ0n) is 15.9. The summed E-state index contributed by atoms with van der Waals surface area (Å²) in [6, 6.07) is 16.0. The van der Waals surface area contributed by atoms with E-state index in [1.54, 1.807) is 7.11 Å². The van der Waals surface area contributed by atoms with E-state index in [1.807, 2.05) is 41.3 Å². The van der Waals surface area contributed by atoms with E-state index in [0.717, 1.165) is 61.9 Å². The molecule has 2 aromatic rings. The van der Waals surface area contributed by atoms with Gasteiger partial charge in [0.05, 0.1) is 7.11 Å². The molecule has 0 saturated carbocycles. The molecule has 0 spiro atoms. The average Bonchev–Trinajstić information content (AvgIpc) is 2.92. The van der Waals surface area contributed by atoms with Crippen molar-refractivity contribution in [3.63, 3.8) is 0 Å². The maximum Gasteiger partial charge on any atom is 0.222 e. The fraction of sp³-hybridized carbons (Fsp3) is 0.409. The summed E-state index contributed by atoms with van der Waals surface area (Å²) in [7, 11) is 1.68. The van der Waals surface area contributed by atoms with E-state index in [9.17, 15) is 4.79 Å². The minimum Gasteiger partial charge on any atom is -0.497 e. The average molecular weight is 387 g/mol. The molecule has 5 heteroatoms. The lowest BCUT2D eigenvalue weighted by Crippen LogP contribution is -2.35. The largest absolute Gasteiger partial charge is 0.497 e. The zero-order chi connectivity index (χ0) is 19.1. The molecule has 2 aromatic carbocycles. The molecular formula is C22H27ClN2O2. The summed E-state index contributed by atoms with van der Waals surface area (Å²) in [6.45, 7) is 4.48. The molecule has 1 amide bonds. The smallest absolute Gasteiger partial charge is 0.222 e. The van der Waals surface area contributed by atoms with Crippen LogP contribution in [0.2, 0.25) is 5.02 Å². The van der Waals surface area contributed by atoms with E-state index in [-0.39, 0.29) is 5.91 Å². The molecule has 1 heterocycles. The lowest BCUT2D eigenvalue weighted by atomic mass is 10.1. The summed E-state index contributed by atoms with van der Waals surface area (Å²) < 4.78 is 5.22. The van der Waals surface area contributed by atoms with Crippen molar-refractivity contribution in [3.8, 4) is 5.75 Å². The van der Waals surface area contributed by atoms with Crippen molar-refractivity contribution in [2.75, 3.05) is 33.3 Å². The maximum atomic E-state index is 12.6. The number of benzene rings is 2. The van der Waals surface area contributed by atoms with Crippen LogP contribution >= 0.6 is 11.6 Å². The molecule has 0 bridgehead atoms. The van der Waals surface area contributed by atoms with Crippen LogP contribution in [-0.4, -0.2) is 49.0 Å². The summed E-state index contributed by atoms with van der Waals surface area (Å²) in [5, 5.41) is 0.726. The molecule has 1 saturated heterocycles. The highest BCUT2D eigenvalue weighted by molar-refractivity contribution is 6.30. The van der Waals surface area contributed by atoms with Crippen LogP contribution in [0, 0.1) is 0 Å². The minimum absolute atomic E-state index is 0.237. The van der Waals surface area contributed by atoms with Crippen molar-refractivity contribution in [1.29, 1.82) is 0 Å². The topological polar surface area (TPSA) is 32.8 Å². The molecule has 3 rings (SSSR count). The molecule has 27 heavy (non-hydrogen) atoms. The minimum atomic E-state index is 0.237. The van der Waals surface area contributed by atoms with Gasteiger partial charge in [-0.2, -0.15) is 0 Å². The van der Waals surface area contributed by atoms with Crippen LogP contribution in [0.5, 0.6) is 5.75 Å². The SMILES string of the molecule is COc1ccc(CN2CCCN(C(=O)CCc3cccc(Cl)c3)CC2)cc1. The zero-order valence-corrected chi connectivity index (χ0v) is 16.6. The molecule has 0 aliphatic carbocycles. The van der Waals surface area contributed by atoms with Crippen LogP contribution < -0.4 is 4.74 Å². The van der Waals surface area contributed by atoms with Gasteiger partial charge in [-0.1, -0.05) is 35.9 Å². The number of hydrogen-bond acceptors (Lipinski definition) is 3. The lowest BCUT2D eigenvalue weighted by molar-refractivity contribution is -0.131. The fourth-order valence-corrected chi connectivity index (χ4v) is 3.68. The molecule has 144 valence electrons. The Morgan fingerprint density at radius 3 is 2.59 bits per heavy atom. The van der Waals surface area contributed by atoms with Gasteiger partial charge in [-0.3, -0.25) is 9.69 Å². The molecule has 1 aliphatic heterocycles. The van der Waals surface area contributed by atoms with Crippen LogP contribution in [0.1, 0.15) is 24.0 Å². The van der Waals surface area contributed by atoms with Crippen LogP contribution in [0.3, 0.4) is 0 Å². The van der Waals surface area contributed by atoms with Gasteiger partial charge in [0.1, 0.15) is 5.75 Å². The summed E-state index contributed by atoms with van der Waals surface area (Å²) in [5.74, 6) is 1.12. The summed E-state index contributed by atoms with van der Waals surface area (Å²) in [4.78, 5) is 17.0. The third-order valence-electron chi connectivity index (χ3n) is 5.02. The summed E-state index contributed by atoms with van der Waals surface area (Å²) in [6.07, 6.45) is 2.29. The summed E-state index contributed by atoms with van der Waals surface area (Å²) >= 11 is 6.02. The second kappa shape index (κ2) is 9.77. The standard InChI is InChI=1S/C22H27ClN2O2/c1-27-21-9-6-19(7-10-21)17-24-12-3-13-25(15-14-24)22(26)11-8-18-4-2-5-20(23)16-18/h2,4-7,9-10,16H,3,8,11-15,17H2,1H3. The van der Waals surface area contributed by atoms with Crippen molar-refractivity contribution in [2.24, 2.45) is 0 Å². The molecular weight excluding hydrogens is 360 g/mol. The van der Waals surface area contributed by atoms with Gasteiger partial charge in [-0.05, 0) is 48.2 Å². The first-order chi connectivity index (χ1) is 13.1. The first kappa shape index (κ1) is 19.7. The van der Waals surface area contributed by atoms with Crippen molar-refractivity contribution < 1.29 is 9.53 Å². The number of hydrogen-bond donors (Lipinski definition) is 0. The Hall–Kier alpha value is -2.04. The Labute approximate surface area is 166 Å². The molecule has 0 aromatic heterocycles. The molecule has 0 atom stereocenters. The molecule has 0 unspecified atom stereocenters. The molecule has 0 N–H and O–H groups in total. The van der Waals surface area contributed by atoms with Gasteiger partial charge in [0, 0.05) is 44.2 Å². The molecule has 1 fully saturated rings. The number of nitrogens with zero attached hydrogens (tertiary/aromatic N) is 2. The van der Waals surface area contributed by atoms with Crippen LogP contribution in [-0.2, 0) is 17.8 Å². The van der Waals surface area contributed by atoms with E-state index in [2.05, 4.69) is 17.0 Å². The monoisotopic (exact) mass is 386 g/mol. The first-order valence-electron chi connectivity index (χ1n) is 9.51. The van der Waals surface area contributed by atoms with Crippen LogP contribution in [0.4, 0.5) is 0 Å². The third kappa shape index (κ3) is 5.98. The van der Waals surface area contributed by atoms with Gasteiger partial charge in [0.2, 0.25) is 5.91 Å². The van der Waals surface area contributed by atoms with Crippen molar-refractivity contribution in [1.82, 2.24) is 9.80 Å². The number of ether oxygens (including phenoxy) is 1. The normalized spacial score (nSPS) is 15.4. The van der Waals surface area contributed by atoms with Crippen molar-refractivity contribution >= 4 is 17.5 Å². The number of carbonyl (C=O) groups is 1. The van der Waals surface area contributed by atoms with E-state index >= 15 is 0 Å². The van der Waals surface area contributed by atoms with Gasteiger partial charge in [0.15, 0.2) is 0 Å². The Morgan fingerprint density at radius 2 is 1.85 bits per heavy atom. The van der Waals surface area contributed by atoms with Gasteiger partial charge in [0.25, 0.3) is 0 Å². The maximum absolute atomic E-state index is 12.6. The number of aryl methyl sites for hydroxylation is 1. The molecule has 4 nitrogen and oxygen atoms in total. The van der Waals surface area contributed by atoms with E-state index in [0.29, 0.717) is 6.42 Å². The fourth-order valence-electron chi connectivity index (χ4n) is 3.47. The number of methoxy groups -OCH3 is 1. The molecule has 1 aliphatic rings. The quantitative estimate of drug-likeness (QED) is 0.751. The highest BCUT2D eigenvalue weighted by atomic mass is 35.5. The number of rotatable bonds is 6. The van der Waals surface area contributed by atoms with Crippen molar-refractivity contribution in [2.45, 2.75) is 25.8 Å². The van der Waals surface area contributed by atoms with E-state index < -0.39 is 0 Å². The number of halogens is 1. The second-order valence-electron chi connectivity index (χ2n) is 6.99. The second-order valence-corrected chi connectivity index (χ2v) is 7.42. The first-order valence-corrected chi connectivity index (χ1v) is 9.89. The highest BCUT2D eigenvalue weighted by Gasteiger charge is 2.19. The van der Waals surface area contributed by atoms with E-state index in [1.165, 1.54) is 5.56 Å².